The van der Waals surface area contributed by atoms with Gasteiger partial charge in [-0.2, -0.15) is 13.2 Å². The molecule has 0 bridgehead atoms. The Morgan fingerprint density at radius 2 is 1.79 bits per heavy atom. The van der Waals surface area contributed by atoms with Crippen LogP contribution < -0.4 is 14.5 Å². The molecule has 0 spiro atoms. The fraction of sp³-hybridized carbons (Fsp3) is 0.333. The number of thiazole rings is 1. The van der Waals surface area contributed by atoms with E-state index in [0.717, 1.165) is 29.7 Å². The zero-order valence-electron chi connectivity index (χ0n) is 18.2. The van der Waals surface area contributed by atoms with E-state index >= 15 is 0 Å². The smallest absolute Gasteiger partial charge is 0.324 e. The minimum atomic E-state index is -4.67. The second-order valence-corrected chi connectivity index (χ2v) is 10.6. The van der Waals surface area contributed by atoms with Crippen molar-refractivity contribution in [2.24, 2.45) is 0 Å². The third-order valence-electron chi connectivity index (χ3n) is 4.91. The van der Waals surface area contributed by atoms with Gasteiger partial charge in [0.15, 0.2) is 0 Å². The third kappa shape index (κ3) is 5.22. The van der Waals surface area contributed by atoms with Crippen LogP contribution in [0.15, 0.2) is 47.3 Å². The molecule has 178 valence electrons. The lowest BCUT2D eigenvalue weighted by molar-refractivity contribution is -0.137. The first-order valence-electron chi connectivity index (χ1n) is 9.82. The molecule has 3 rings (SSSR count). The predicted octanol–water partition coefficient (Wildman–Crippen LogP) is 4.46. The molecule has 1 heterocycles. The fourth-order valence-electron chi connectivity index (χ4n) is 3.48. The van der Waals surface area contributed by atoms with Crippen LogP contribution in [0.25, 0.3) is 10.2 Å². The molecule has 7 nitrogen and oxygen atoms in total. The van der Waals surface area contributed by atoms with Crippen molar-refractivity contribution in [3.63, 3.8) is 0 Å². The van der Waals surface area contributed by atoms with E-state index in [-0.39, 0.29) is 16.6 Å². The van der Waals surface area contributed by atoms with Crippen LogP contribution in [-0.4, -0.2) is 31.2 Å². The van der Waals surface area contributed by atoms with Crippen molar-refractivity contribution in [2.45, 2.75) is 39.0 Å². The first kappa shape index (κ1) is 24.8. The van der Waals surface area contributed by atoms with Gasteiger partial charge in [0.05, 0.1) is 27.7 Å². The highest BCUT2D eigenvalue weighted by atomic mass is 32.2. The Labute approximate surface area is 192 Å². The summed E-state index contributed by atoms with van der Waals surface area (Å²) in [5, 5.41) is 2.59. The Kier molecular flexibility index (Phi) is 6.62. The van der Waals surface area contributed by atoms with E-state index in [1.165, 1.54) is 13.0 Å². The molecule has 0 aliphatic rings. The van der Waals surface area contributed by atoms with Crippen LogP contribution in [0.4, 0.5) is 24.5 Å². The molecule has 0 radical (unpaired) electrons. The van der Waals surface area contributed by atoms with E-state index in [1.54, 1.807) is 22.8 Å². The van der Waals surface area contributed by atoms with Gasteiger partial charge < -0.3 is 5.32 Å². The van der Waals surface area contributed by atoms with Crippen LogP contribution in [0.3, 0.4) is 0 Å². The Bertz CT molecular complexity index is 1360. The van der Waals surface area contributed by atoms with E-state index in [9.17, 15) is 31.2 Å². The SMILES string of the molecule is CC(C)n1c(=O)sc2cc(NC(=O)[C@@H](C)N(c3cccc(C(F)(F)F)c3)S(C)(=O)=O)ccc21. The second-order valence-electron chi connectivity index (χ2n) is 7.79. The number of rotatable bonds is 6. The van der Waals surface area contributed by atoms with Crippen molar-refractivity contribution in [1.82, 2.24) is 4.57 Å². The number of carbonyl (C=O) groups excluding carboxylic acids is 1. The van der Waals surface area contributed by atoms with Crippen molar-refractivity contribution in [2.75, 3.05) is 15.9 Å². The van der Waals surface area contributed by atoms with E-state index < -0.39 is 33.7 Å². The summed E-state index contributed by atoms with van der Waals surface area (Å²) in [5.41, 5.74) is -0.282. The average molecular weight is 502 g/mol. The Morgan fingerprint density at radius 1 is 1.12 bits per heavy atom. The van der Waals surface area contributed by atoms with E-state index in [2.05, 4.69) is 5.32 Å². The molecular formula is C21H22F3N3O4S2. The van der Waals surface area contributed by atoms with Gasteiger partial charge in [0.2, 0.25) is 15.9 Å². The van der Waals surface area contributed by atoms with Gasteiger partial charge in [0.1, 0.15) is 6.04 Å². The fourth-order valence-corrected chi connectivity index (χ4v) is 5.70. The van der Waals surface area contributed by atoms with Gasteiger partial charge in [-0.05, 0) is 57.2 Å². The number of alkyl halides is 3. The highest BCUT2D eigenvalue weighted by Gasteiger charge is 2.34. The second kappa shape index (κ2) is 8.82. The maximum Gasteiger partial charge on any atom is 0.416 e. The first-order chi connectivity index (χ1) is 15.2. The molecule has 0 fully saturated rings. The van der Waals surface area contributed by atoms with Crippen LogP contribution in [0, 0.1) is 0 Å². The summed E-state index contributed by atoms with van der Waals surface area (Å²) in [7, 11) is -4.10. The van der Waals surface area contributed by atoms with Crippen molar-refractivity contribution < 1.29 is 26.4 Å². The molecule has 1 N–H and O–H groups in total. The molecule has 1 amide bonds. The van der Waals surface area contributed by atoms with Gasteiger partial charge >= 0.3 is 11.0 Å². The van der Waals surface area contributed by atoms with Gasteiger partial charge in [0, 0.05) is 11.7 Å². The number of anilines is 2. The average Bonchev–Trinajstić information content (AvgIpc) is 3.01. The monoisotopic (exact) mass is 501 g/mol. The molecule has 0 aliphatic heterocycles. The Morgan fingerprint density at radius 3 is 2.36 bits per heavy atom. The topological polar surface area (TPSA) is 88.5 Å². The maximum atomic E-state index is 13.1. The molecule has 3 aromatic rings. The summed E-state index contributed by atoms with van der Waals surface area (Å²) < 4.78 is 67.0. The number of sulfonamides is 1. The first-order valence-corrected chi connectivity index (χ1v) is 12.5. The summed E-state index contributed by atoms with van der Waals surface area (Å²) in [6.45, 7) is 5.03. The molecule has 1 atom stereocenters. The summed E-state index contributed by atoms with van der Waals surface area (Å²) >= 11 is 1.01. The van der Waals surface area contributed by atoms with Crippen molar-refractivity contribution in [1.29, 1.82) is 0 Å². The Hall–Kier alpha value is -2.86. The lowest BCUT2D eigenvalue weighted by Gasteiger charge is -2.28. The van der Waals surface area contributed by atoms with Gasteiger partial charge in [0.25, 0.3) is 0 Å². The van der Waals surface area contributed by atoms with Crippen LogP contribution in [0.1, 0.15) is 32.4 Å². The molecular weight excluding hydrogens is 479 g/mol. The zero-order chi connectivity index (χ0) is 24.7. The quantitative estimate of drug-likeness (QED) is 0.540. The standard InChI is InChI=1S/C21H22F3N3O4S2/c1-12(2)26-17-9-8-15(11-18(17)32-20(26)29)25-19(28)13(3)27(33(4,30)31)16-7-5-6-14(10-16)21(22,23)24/h5-13H,1-4H3,(H,25,28)/t13-/m1/s1. The minimum absolute atomic E-state index is 0.0532. The number of nitrogens with zero attached hydrogens (tertiary/aromatic N) is 2. The normalized spacial score (nSPS) is 13.3. The molecule has 1 aromatic heterocycles. The van der Waals surface area contributed by atoms with Crippen LogP contribution in [0.2, 0.25) is 0 Å². The van der Waals surface area contributed by atoms with Crippen molar-refractivity contribution >= 4 is 48.9 Å². The van der Waals surface area contributed by atoms with Gasteiger partial charge in [-0.15, -0.1) is 0 Å². The molecule has 33 heavy (non-hydrogen) atoms. The molecule has 12 heteroatoms. The number of fused-ring (bicyclic) bond motifs is 1. The van der Waals surface area contributed by atoms with Gasteiger partial charge in [-0.3, -0.25) is 18.5 Å². The van der Waals surface area contributed by atoms with Crippen LogP contribution >= 0.6 is 11.3 Å². The number of carbonyl (C=O) groups is 1. The molecule has 0 saturated heterocycles. The highest BCUT2D eigenvalue weighted by Crippen LogP contribution is 2.33. The number of benzene rings is 2. The van der Waals surface area contributed by atoms with Crippen molar-refractivity contribution in [3.8, 4) is 0 Å². The van der Waals surface area contributed by atoms with Gasteiger partial charge in [-0.25, -0.2) is 8.42 Å². The summed E-state index contributed by atoms with van der Waals surface area (Å²) in [6.07, 6.45) is -3.86. The van der Waals surface area contributed by atoms with Crippen LogP contribution in [0.5, 0.6) is 0 Å². The predicted molar refractivity (Wildman–Crippen MR) is 123 cm³/mol. The summed E-state index contributed by atoms with van der Waals surface area (Å²) in [6, 6.07) is 7.22. The molecule has 0 unspecified atom stereocenters. The minimum Gasteiger partial charge on any atom is -0.324 e. The number of nitrogens with one attached hydrogen (secondary N) is 1. The molecule has 0 aliphatic carbocycles. The maximum absolute atomic E-state index is 13.1. The number of amides is 1. The number of halogens is 3. The third-order valence-corrected chi connectivity index (χ3v) is 7.07. The van der Waals surface area contributed by atoms with E-state index in [4.69, 9.17) is 0 Å². The Balaban J connectivity index is 1.93. The molecule has 0 saturated carbocycles. The highest BCUT2D eigenvalue weighted by molar-refractivity contribution is 7.92. The van der Waals surface area contributed by atoms with Crippen LogP contribution in [-0.2, 0) is 21.0 Å². The summed E-state index contributed by atoms with van der Waals surface area (Å²) in [5.74, 6) is -0.743. The van der Waals surface area contributed by atoms with Gasteiger partial charge in [-0.1, -0.05) is 17.4 Å². The van der Waals surface area contributed by atoms with Crippen molar-refractivity contribution in [3.05, 3.63) is 57.7 Å². The lowest BCUT2D eigenvalue weighted by Crippen LogP contribution is -2.45. The lowest BCUT2D eigenvalue weighted by atomic mass is 10.1. The molecule has 2 aromatic carbocycles. The summed E-state index contributed by atoms with van der Waals surface area (Å²) in [4.78, 5) is 24.9. The zero-order valence-corrected chi connectivity index (χ0v) is 19.8. The van der Waals surface area contributed by atoms with E-state index in [1.807, 2.05) is 13.8 Å². The van der Waals surface area contributed by atoms with E-state index in [0.29, 0.717) is 26.3 Å². The number of aromatic nitrogens is 1. The number of hydrogen-bond acceptors (Lipinski definition) is 5. The largest absolute Gasteiger partial charge is 0.416 e. The number of hydrogen-bond donors (Lipinski definition) is 1.